The van der Waals surface area contributed by atoms with Gasteiger partial charge in [-0.1, -0.05) is 67.4 Å². The SMILES string of the molecule is CNC(=O)CCCCCC(NC(=O)Cn1c(=O)ncc2ccccc21)c1ncc(-c2ccc3ccccc3c2)[nH]1. The smallest absolute Gasteiger partial charge is 0.348 e. The van der Waals surface area contributed by atoms with Crippen LogP contribution in [0.3, 0.4) is 0 Å². The van der Waals surface area contributed by atoms with Crippen molar-refractivity contribution in [2.24, 2.45) is 0 Å². The number of rotatable bonds is 11. The van der Waals surface area contributed by atoms with E-state index in [0.717, 1.165) is 46.7 Å². The van der Waals surface area contributed by atoms with Crippen LogP contribution < -0.4 is 16.3 Å². The molecule has 5 aromatic rings. The van der Waals surface area contributed by atoms with E-state index in [1.54, 1.807) is 19.3 Å². The van der Waals surface area contributed by atoms with Crippen molar-refractivity contribution in [2.45, 2.75) is 44.7 Å². The molecule has 0 aliphatic heterocycles. The van der Waals surface area contributed by atoms with Crippen LogP contribution in [0.1, 0.15) is 44.0 Å². The Morgan fingerprint density at radius 2 is 1.65 bits per heavy atom. The molecule has 0 radical (unpaired) electrons. The highest BCUT2D eigenvalue weighted by atomic mass is 16.2. The molecule has 0 bridgehead atoms. The van der Waals surface area contributed by atoms with Crippen molar-refractivity contribution in [3.8, 4) is 11.3 Å². The summed E-state index contributed by atoms with van der Waals surface area (Å²) >= 11 is 0. The van der Waals surface area contributed by atoms with Crippen LogP contribution in [0.4, 0.5) is 0 Å². The molecule has 3 aromatic carbocycles. The number of aromatic nitrogens is 4. The van der Waals surface area contributed by atoms with Gasteiger partial charge in [0.1, 0.15) is 12.4 Å². The van der Waals surface area contributed by atoms with Crippen molar-refractivity contribution >= 4 is 33.5 Å². The Balaban J connectivity index is 1.34. The van der Waals surface area contributed by atoms with Gasteiger partial charge in [0.25, 0.3) is 0 Å². The molecule has 9 heteroatoms. The first-order valence-corrected chi connectivity index (χ1v) is 13.5. The largest absolute Gasteiger partial charge is 0.359 e. The van der Waals surface area contributed by atoms with Gasteiger partial charge in [0.15, 0.2) is 0 Å². The zero-order valence-corrected chi connectivity index (χ0v) is 22.4. The first kappa shape index (κ1) is 26.8. The lowest BCUT2D eigenvalue weighted by atomic mass is 10.1. The predicted molar refractivity (Wildman–Crippen MR) is 156 cm³/mol. The third kappa shape index (κ3) is 6.26. The van der Waals surface area contributed by atoms with Gasteiger partial charge in [0.2, 0.25) is 11.8 Å². The lowest BCUT2D eigenvalue weighted by Gasteiger charge is -2.18. The molecule has 2 amide bonds. The van der Waals surface area contributed by atoms with Crippen LogP contribution in [0.25, 0.3) is 32.9 Å². The van der Waals surface area contributed by atoms with Gasteiger partial charge in [-0.2, -0.15) is 0 Å². The van der Waals surface area contributed by atoms with Crippen molar-refractivity contribution in [2.75, 3.05) is 7.05 Å². The van der Waals surface area contributed by atoms with E-state index in [1.165, 1.54) is 10.8 Å². The van der Waals surface area contributed by atoms with Crippen LogP contribution in [0.15, 0.2) is 83.9 Å². The fraction of sp³-hybridized carbons (Fsp3) is 0.258. The third-order valence-corrected chi connectivity index (χ3v) is 7.07. The Kier molecular flexibility index (Phi) is 8.29. The van der Waals surface area contributed by atoms with E-state index in [-0.39, 0.29) is 24.4 Å². The predicted octanol–water partition coefficient (Wildman–Crippen LogP) is 4.49. The zero-order chi connectivity index (χ0) is 27.9. The standard InChI is InChI=1S/C31H32N6O3/c1-32-28(38)14-4-2-3-12-25(35-29(39)20-37-27-13-8-7-11-24(27)18-34-31(37)40)30-33-19-26(36-30)23-16-15-21-9-5-6-10-22(21)17-23/h5-11,13,15-19,25H,2-4,12,14,20H2,1H3,(H,32,38)(H,33,36)(H,35,39). The lowest BCUT2D eigenvalue weighted by molar-refractivity contribution is -0.122. The minimum absolute atomic E-state index is 0.0186. The third-order valence-electron chi connectivity index (χ3n) is 7.07. The number of carbonyl (C=O) groups excluding carboxylic acids is 2. The summed E-state index contributed by atoms with van der Waals surface area (Å²) in [5.74, 6) is 0.357. The molecular weight excluding hydrogens is 504 g/mol. The molecule has 9 nitrogen and oxygen atoms in total. The molecule has 1 unspecified atom stereocenters. The molecule has 5 rings (SSSR count). The number of amides is 2. The Hall–Kier alpha value is -4.79. The van der Waals surface area contributed by atoms with Gasteiger partial charge < -0.3 is 15.6 Å². The second-order valence-corrected chi connectivity index (χ2v) is 9.82. The topological polar surface area (TPSA) is 122 Å². The van der Waals surface area contributed by atoms with E-state index in [9.17, 15) is 14.4 Å². The zero-order valence-electron chi connectivity index (χ0n) is 22.4. The fourth-order valence-electron chi connectivity index (χ4n) is 4.91. The van der Waals surface area contributed by atoms with Crippen LogP contribution >= 0.6 is 0 Å². The highest BCUT2D eigenvalue weighted by Gasteiger charge is 2.19. The van der Waals surface area contributed by atoms with E-state index >= 15 is 0 Å². The molecule has 40 heavy (non-hydrogen) atoms. The molecular formula is C31H32N6O3. The molecule has 3 N–H and O–H groups in total. The molecule has 0 spiro atoms. The molecule has 204 valence electrons. The number of aromatic amines is 1. The highest BCUT2D eigenvalue weighted by Crippen LogP contribution is 2.26. The van der Waals surface area contributed by atoms with Gasteiger partial charge in [-0.05, 0) is 35.7 Å². The minimum Gasteiger partial charge on any atom is -0.359 e. The Morgan fingerprint density at radius 3 is 2.48 bits per heavy atom. The molecule has 2 aromatic heterocycles. The van der Waals surface area contributed by atoms with Crippen LogP contribution in [-0.4, -0.2) is 38.4 Å². The maximum atomic E-state index is 13.2. The summed E-state index contributed by atoms with van der Waals surface area (Å²) in [7, 11) is 1.63. The number of nitrogens with zero attached hydrogens (tertiary/aromatic N) is 3. The van der Waals surface area contributed by atoms with Gasteiger partial charge in [-0.15, -0.1) is 0 Å². The number of para-hydroxylation sites is 1. The summed E-state index contributed by atoms with van der Waals surface area (Å²) in [5.41, 5.74) is 2.03. The Morgan fingerprint density at radius 1 is 0.875 bits per heavy atom. The van der Waals surface area contributed by atoms with Gasteiger partial charge >= 0.3 is 5.69 Å². The summed E-state index contributed by atoms with van der Waals surface area (Å²) in [4.78, 5) is 49.3. The molecule has 0 saturated heterocycles. The van der Waals surface area contributed by atoms with Crippen LogP contribution in [0.2, 0.25) is 0 Å². The first-order valence-electron chi connectivity index (χ1n) is 13.5. The number of nitrogens with one attached hydrogen (secondary N) is 3. The number of fused-ring (bicyclic) bond motifs is 2. The number of unbranched alkanes of at least 4 members (excludes halogenated alkanes) is 2. The monoisotopic (exact) mass is 536 g/mol. The van der Waals surface area contributed by atoms with Gasteiger partial charge in [0, 0.05) is 30.6 Å². The van der Waals surface area contributed by atoms with Crippen molar-refractivity contribution < 1.29 is 9.59 Å². The van der Waals surface area contributed by atoms with Crippen LogP contribution in [-0.2, 0) is 16.1 Å². The fourth-order valence-corrected chi connectivity index (χ4v) is 4.91. The highest BCUT2D eigenvalue weighted by molar-refractivity contribution is 5.87. The molecule has 0 aliphatic carbocycles. The lowest BCUT2D eigenvalue weighted by Crippen LogP contribution is -2.36. The molecule has 0 aliphatic rings. The van der Waals surface area contributed by atoms with Gasteiger partial charge in [-0.25, -0.2) is 14.8 Å². The maximum absolute atomic E-state index is 13.2. The molecule has 0 fully saturated rings. The van der Waals surface area contributed by atoms with Gasteiger partial charge in [0.05, 0.1) is 23.4 Å². The van der Waals surface area contributed by atoms with E-state index in [2.05, 4.69) is 49.9 Å². The van der Waals surface area contributed by atoms with E-state index < -0.39 is 5.69 Å². The first-order chi connectivity index (χ1) is 19.5. The molecule has 0 saturated carbocycles. The number of imidazole rings is 1. The van der Waals surface area contributed by atoms with Crippen LogP contribution in [0, 0.1) is 0 Å². The quantitative estimate of drug-likeness (QED) is 0.215. The second kappa shape index (κ2) is 12.4. The van der Waals surface area contributed by atoms with E-state index in [1.807, 2.05) is 36.4 Å². The normalized spacial score (nSPS) is 11.9. The maximum Gasteiger partial charge on any atom is 0.348 e. The Labute approximate surface area is 231 Å². The molecule has 1 atom stereocenters. The number of hydrogen-bond acceptors (Lipinski definition) is 5. The van der Waals surface area contributed by atoms with Crippen molar-refractivity contribution in [3.05, 3.63) is 95.4 Å². The number of H-pyrrole nitrogens is 1. The summed E-state index contributed by atoms with van der Waals surface area (Å²) in [6.45, 7) is -0.154. The van der Waals surface area contributed by atoms with Gasteiger partial charge in [-0.3, -0.25) is 14.2 Å². The van der Waals surface area contributed by atoms with Crippen molar-refractivity contribution in [1.82, 2.24) is 30.2 Å². The summed E-state index contributed by atoms with van der Waals surface area (Å²) < 4.78 is 1.38. The van der Waals surface area contributed by atoms with E-state index in [4.69, 9.17) is 0 Å². The van der Waals surface area contributed by atoms with E-state index in [0.29, 0.717) is 24.2 Å². The summed E-state index contributed by atoms with van der Waals surface area (Å²) in [6, 6.07) is 21.4. The number of benzene rings is 3. The van der Waals surface area contributed by atoms with Crippen molar-refractivity contribution in [1.29, 1.82) is 0 Å². The summed E-state index contributed by atoms with van der Waals surface area (Å²) in [6.07, 6.45) is 6.80. The average molecular weight is 537 g/mol. The summed E-state index contributed by atoms with van der Waals surface area (Å²) in [5, 5.41) is 8.80. The Bertz CT molecular complexity index is 1710. The second-order valence-electron chi connectivity index (χ2n) is 9.82. The van der Waals surface area contributed by atoms with Crippen LogP contribution in [0.5, 0.6) is 0 Å². The average Bonchev–Trinajstić information content (AvgIpc) is 3.48. The molecule has 2 heterocycles. The van der Waals surface area contributed by atoms with Crippen molar-refractivity contribution in [3.63, 3.8) is 0 Å². The minimum atomic E-state index is -0.476. The number of hydrogen-bond donors (Lipinski definition) is 3. The number of carbonyl (C=O) groups is 2.